The van der Waals surface area contributed by atoms with Crippen LogP contribution in [0.3, 0.4) is 0 Å². The van der Waals surface area contributed by atoms with Crippen LogP contribution >= 0.6 is 0 Å². The molecule has 0 heterocycles. The van der Waals surface area contributed by atoms with E-state index in [1.807, 2.05) is 20.8 Å². The van der Waals surface area contributed by atoms with E-state index < -0.39 is 10.0 Å². The van der Waals surface area contributed by atoms with Gasteiger partial charge in [0, 0.05) is 0 Å². The summed E-state index contributed by atoms with van der Waals surface area (Å²) in [6, 6.07) is 10.5. The third-order valence-corrected chi connectivity index (χ3v) is 4.75. The molecule has 2 aromatic rings. The molecule has 1 amide bonds. The first-order valence-electron chi connectivity index (χ1n) is 8.04. The molecule has 2 aromatic carbocycles. The Morgan fingerprint density at radius 2 is 1.60 bits per heavy atom. The first-order chi connectivity index (χ1) is 11.6. The van der Waals surface area contributed by atoms with E-state index in [-0.39, 0.29) is 17.6 Å². The number of para-hydroxylation sites is 1. The highest BCUT2D eigenvalue weighted by Crippen LogP contribution is 2.23. The summed E-state index contributed by atoms with van der Waals surface area (Å²) in [7, 11) is -3.46. The molecule has 2 rings (SSSR count). The predicted octanol–water partition coefficient (Wildman–Crippen LogP) is 3.47. The van der Waals surface area contributed by atoms with Gasteiger partial charge in [-0.25, -0.2) is 8.42 Å². The summed E-state index contributed by atoms with van der Waals surface area (Å²) in [6.45, 7) is 8.03. The van der Waals surface area contributed by atoms with Crippen LogP contribution in [0.5, 0.6) is 0 Å². The summed E-state index contributed by atoms with van der Waals surface area (Å²) in [5, 5.41) is 2.95. The minimum absolute atomic E-state index is 0.196. The first kappa shape index (κ1) is 19.0. The Kier molecular flexibility index (Phi) is 5.52. The molecule has 1 atom stereocenters. The number of aryl methyl sites for hydroxylation is 3. The second-order valence-corrected chi connectivity index (χ2v) is 8.16. The lowest BCUT2D eigenvalue weighted by molar-refractivity contribution is 0.0940. The van der Waals surface area contributed by atoms with Crippen LogP contribution in [0.25, 0.3) is 0 Å². The molecule has 0 bridgehead atoms. The molecule has 0 aromatic heterocycles. The summed E-state index contributed by atoms with van der Waals surface area (Å²) >= 11 is 0. The maximum absolute atomic E-state index is 12.7. The van der Waals surface area contributed by atoms with E-state index in [0.717, 1.165) is 17.4 Å². The highest BCUT2D eigenvalue weighted by Gasteiger charge is 2.17. The largest absolute Gasteiger partial charge is 0.345 e. The van der Waals surface area contributed by atoms with Gasteiger partial charge in [-0.2, -0.15) is 0 Å². The van der Waals surface area contributed by atoms with Gasteiger partial charge in [-0.15, -0.1) is 0 Å². The third-order valence-electron chi connectivity index (χ3n) is 4.16. The Hall–Kier alpha value is -2.34. The molecule has 0 radical (unpaired) electrons. The quantitative estimate of drug-likeness (QED) is 0.857. The van der Waals surface area contributed by atoms with Gasteiger partial charge in [0.1, 0.15) is 0 Å². The predicted molar refractivity (Wildman–Crippen MR) is 101 cm³/mol. The normalized spacial score (nSPS) is 12.5. The summed E-state index contributed by atoms with van der Waals surface area (Å²) < 4.78 is 25.4. The van der Waals surface area contributed by atoms with Crippen molar-refractivity contribution in [2.75, 3.05) is 11.0 Å². The molecule has 0 saturated heterocycles. The van der Waals surface area contributed by atoms with Crippen molar-refractivity contribution >= 4 is 21.6 Å². The molecule has 134 valence electrons. The second kappa shape index (κ2) is 7.27. The van der Waals surface area contributed by atoms with Gasteiger partial charge in [0.25, 0.3) is 5.91 Å². The SMILES string of the molecule is Cc1cc(C)c([C@@H](C)NC(=O)c2ccccc2NS(C)(=O)=O)cc1C. The number of hydrogen-bond acceptors (Lipinski definition) is 3. The van der Waals surface area contributed by atoms with Crippen molar-refractivity contribution in [2.24, 2.45) is 0 Å². The van der Waals surface area contributed by atoms with Crippen LogP contribution in [0.15, 0.2) is 36.4 Å². The van der Waals surface area contributed by atoms with Gasteiger partial charge in [0.15, 0.2) is 0 Å². The van der Waals surface area contributed by atoms with Gasteiger partial charge >= 0.3 is 0 Å². The Bertz CT molecular complexity index is 905. The van der Waals surface area contributed by atoms with Gasteiger partial charge < -0.3 is 5.32 Å². The molecule has 0 fully saturated rings. The van der Waals surface area contributed by atoms with Gasteiger partial charge in [0.05, 0.1) is 23.5 Å². The van der Waals surface area contributed by atoms with Crippen LogP contribution in [0.2, 0.25) is 0 Å². The number of hydrogen-bond donors (Lipinski definition) is 2. The maximum atomic E-state index is 12.7. The smallest absolute Gasteiger partial charge is 0.253 e. The number of carbonyl (C=O) groups excluding carboxylic acids is 1. The van der Waals surface area contributed by atoms with Crippen LogP contribution in [-0.2, 0) is 10.0 Å². The average molecular weight is 360 g/mol. The van der Waals surface area contributed by atoms with Crippen molar-refractivity contribution in [3.05, 3.63) is 64.2 Å². The van der Waals surface area contributed by atoms with Crippen molar-refractivity contribution in [3.8, 4) is 0 Å². The van der Waals surface area contributed by atoms with Crippen molar-refractivity contribution in [2.45, 2.75) is 33.7 Å². The lowest BCUT2D eigenvalue weighted by Crippen LogP contribution is -2.28. The van der Waals surface area contributed by atoms with Crippen LogP contribution in [0, 0.1) is 20.8 Å². The lowest BCUT2D eigenvalue weighted by atomic mass is 9.96. The van der Waals surface area contributed by atoms with Crippen LogP contribution in [0.4, 0.5) is 5.69 Å². The van der Waals surface area contributed by atoms with Crippen molar-refractivity contribution < 1.29 is 13.2 Å². The molecule has 2 N–H and O–H groups in total. The molecule has 0 unspecified atom stereocenters. The Morgan fingerprint density at radius 1 is 1.00 bits per heavy atom. The Morgan fingerprint density at radius 3 is 2.24 bits per heavy atom. The minimum atomic E-state index is -3.46. The zero-order chi connectivity index (χ0) is 18.8. The number of rotatable bonds is 5. The number of carbonyl (C=O) groups is 1. The van der Waals surface area contributed by atoms with E-state index in [0.29, 0.717) is 5.56 Å². The highest BCUT2D eigenvalue weighted by molar-refractivity contribution is 7.92. The van der Waals surface area contributed by atoms with E-state index >= 15 is 0 Å². The van der Waals surface area contributed by atoms with Crippen LogP contribution in [-0.4, -0.2) is 20.6 Å². The molecular formula is C19H24N2O3S. The van der Waals surface area contributed by atoms with E-state index in [2.05, 4.69) is 29.1 Å². The fraction of sp³-hybridized carbons (Fsp3) is 0.316. The number of amides is 1. The van der Waals surface area contributed by atoms with Gasteiger partial charge in [0.2, 0.25) is 10.0 Å². The number of benzene rings is 2. The topological polar surface area (TPSA) is 75.3 Å². The fourth-order valence-corrected chi connectivity index (χ4v) is 3.35. The standard InChI is InChI=1S/C19H24N2O3S/c1-12-10-14(3)17(11-13(12)2)15(4)20-19(22)16-8-6-7-9-18(16)21-25(5,23)24/h6-11,15,21H,1-5H3,(H,20,22)/t15-/m1/s1. The summed E-state index contributed by atoms with van der Waals surface area (Å²) in [4.78, 5) is 12.7. The molecule has 25 heavy (non-hydrogen) atoms. The fourth-order valence-electron chi connectivity index (χ4n) is 2.77. The Labute approximate surface area is 149 Å². The zero-order valence-electron chi connectivity index (χ0n) is 15.2. The van der Waals surface area contributed by atoms with Gasteiger partial charge in [-0.3, -0.25) is 9.52 Å². The molecule has 0 aliphatic rings. The van der Waals surface area contributed by atoms with E-state index in [1.165, 1.54) is 11.1 Å². The zero-order valence-corrected chi connectivity index (χ0v) is 16.0. The molecule has 6 heteroatoms. The van der Waals surface area contributed by atoms with Gasteiger partial charge in [-0.05, 0) is 62.1 Å². The molecular weight excluding hydrogens is 336 g/mol. The van der Waals surface area contributed by atoms with Gasteiger partial charge in [-0.1, -0.05) is 24.3 Å². The van der Waals surface area contributed by atoms with Crippen LogP contribution in [0.1, 0.15) is 45.6 Å². The highest BCUT2D eigenvalue weighted by atomic mass is 32.2. The third kappa shape index (κ3) is 4.82. The lowest BCUT2D eigenvalue weighted by Gasteiger charge is -2.19. The number of nitrogens with one attached hydrogen (secondary N) is 2. The van der Waals surface area contributed by atoms with Crippen molar-refractivity contribution in [1.29, 1.82) is 0 Å². The molecule has 0 aliphatic heterocycles. The molecule has 0 saturated carbocycles. The van der Waals surface area contributed by atoms with Crippen molar-refractivity contribution in [1.82, 2.24) is 5.32 Å². The summed E-state index contributed by atoms with van der Waals surface area (Å²) in [5.74, 6) is -0.322. The average Bonchev–Trinajstić information content (AvgIpc) is 2.49. The monoisotopic (exact) mass is 360 g/mol. The summed E-state index contributed by atoms with van der Waals surface area (Å²) in [5.41, 5.74) is 5.10. The number of sulfonamides is 1. The van der Waals surface area contributed by atoms with Crippen molar-refractivity contribution in [3.63, 3.8) is 0 Å². The van der Waals surface area contributed by atoms with E-state index in [4.69, 9.17) is 0 Å². The van der Waals surface area contributed by atoms with E-state index in [1.54, 1.807) is 24.3 Å². The molecule has 0 spiro atoms. The first-order valence-corrected chi connectivity index (χ1v) is 9.93. The Balaban J connectivity index is 2.27. The van der Waals surface area contributed by atoms with Crippen LogP contribution < -0.4 is 10.0 Å². The maximum Gasteiger partial charge on any atom is 0.253 e. The molecule has 0 aliphatic carbocycles. The summed E-state index contributed by atoms with van der Waals surface area (Å²) in [6.07, 6.45) is 1.06. The minimum Gasteiger partial charge on any atom is -0.345 e. The van der Waals surface area contributed by atoms with E-state index in [9.17, 15) is 13.2 Å². The molecule has 5 nitrogen and oxygen atoms in total. The number of anilines is 1. The second-order valence-electron chi connectivity index (χ2n) is 6.41.